The molecule has 2 aromatic rings. The van der Waals surface area contributed by atoms with Crippen molar-refractivity contribution in [3.63, 3.8) is 0 Å². The lowest BCUT2D eigenvalue weighted by Gasteiger charge is -2.34. The summed E-state index contributed by atoms with van der Waals surface area (Å²) in [6, 6.07) is 7.68. The summed E-state index contributed by atoms with van der Waals surface area (Å²) in [5.41, 5.74) is 0.162. The quantitative estimate of drug-likeness (QED) is 0.444. The first-order valence-electron chi connectivity index (χ1n) is 11.6. The van der Waals surface area contributed by atoms with Crippen molar-refractivity contribution in [1.29, 1.82) is 0 Å². The van der Waals surface area contributed by atoms with Gasteiger partial charge in [-0.15, -0.1) is 0 Å². The zero-order chi connectivity index (χ0) is 26.0. The van der Waals surface area contributed by atoms with Crippen LogP contribution in [0.4, 0.5) is 5.82 Å². The van der Waals surface area contributed by atoms with Gasteiger partial charge in [0.05, 0.1) is 13.7 Å². The van der Waals surface area contributed by atoms with Gasteiger partial charge in [-0.05, 0) is 44.9 Å². The first kappa shape index (κ1) is 27.8. The number of nitrogens with zero attached hydrogens (tertiary/aromatic N) is 2. The average molecular weight is 489 g/mol. The van der Waals surface area contributed by atoms with Crippen molar-refractivity contribution in [1.82, 2.24) is 15.4 Å². The number of rotatable bonds is 13. The van der Waals surface area contributed by atoms with Gasteiger partial charge in [-0.1, -0.05) is 24.2 Å². The molecular weight excluding hydrogens is 452 g/mol. The maximum Gasteiger partial charge on any atom is 0.247 e. The van der Waals surface area contributed by atoms with Crippen molar-refractivity contribution in [3.8, 4) is 5.75 Å². The second-order valence-electron chi connectivity index (χ2n) is 8.85. The highest BCUT2D eigenvalue weighted by atomic mass is 16.5. The van der Waals surface area contributed by atoms with Gasteiger partial charge >= 0.3 is 0 Å². The van der Waals surface area contributed by atoms with Crippen LogP contribution < -0.4 is 15.4 Å². The van der Waals surface area contributed by atoms with Crippen LogP contribution in [-0.4, -0.2) is 60.7 Å². The molecule has 0 saturated heterocycles. The van der Waals surface area contributed by atoms with Crippen molar-refractivity contribution in [2.45, 2.75) is 58.5 Å². The van der Waals surface area contributed by atoms with E-state index < -0.39 is 11.6 Å². The average Bonchev–Trinajstić information content (AvgIpc) is 3.24. The second kappa shape index (κ2) is 12.9. The van der Waals surface area contributed by atoms with E-state index in [1.165, 1.54) is 12.0 Å². The molecule has 0 aliphatic carbocycles. The van der Waals surface area contributed by atoms with Crippen LogP contribution in [0.2, 0.25) is 0 Å². The Hall–Kier alpha value is -3.40. The van der Waals surface area contributed by atoms with Crippen molar-refractivity contribution in [3.05, 3.63) is 41.7 Å². The highest BCUT2D eigenvalue weighted by Gasteiger charge is 2.33. The molecule has 0 saturated carbocycles. The van der Waals surface area contributed by atoms with Gasteiger partial charge in [-0.2, -0.15) is 0 Å². The molecule has 0 bridgehead atoms. The van der Waals surface area contributed by atoms with E-state index in [4.69, 9.17) is 14.0 Å². The number of carbonyl (C=O) groups is 3. The number of ether oxygens (including phenoxy) is 2. The molecule has 2 rings (SSSR count). The van der Waals surface area contributed by atoms with Gasteiger partial charge in [-0.3, -0.25) is 14.4 Å². The van der Waals surface area contributed by atoms with Crippen molar-refractivity contribution >= 4 is 23.5 Å². The minimum absolute atomic E-state index is 0.0778. The van der Waals surface area contributed by atoms with Crippen LogP contribution in [-0.2, 0) is 19.1 Å². The highest BCUT2D eigenvalue weighted by Crippen LogP contribution is 2.26. The molecule has 2 N–H and O–H groups in total. The third kappa shape index (κ3) is 8.40. The maximum absolute atomic E-state index is 13.5. The van der Waals surface area contributed by atoms with Gasteiger partial charge in [0.2, 0.25) is 17.7 Å². The number of nitrogens with one attached hydrogen (secondary N) is 2. The Labute approximate surface area is 206 Å². The fourth-order valence-electron chi connectivity index (χ4n) is 3.33. The molecule has 192 valence electrons. The summed E-state index contributed by atoms with van der Waals surface area (Å²) in [7, 11) is 3.08. The zero-order valence-corrected chi connectivity index (χ0v) is 21.3. The lowest BCUT2D eigenvalue weighted by molar-refractivity contribution is -0.142. The van der Waals surface area contributed by atoms with Crippen LogP contribution in [0.1, 0.15) is 57.4 Å². The maximum atomic E-state index is 13.5. The number of amides is 3. The Kier molecular flexibility index (Phi) is 10.3. The Morgan fingerprint density at radius 2 is 1.83 bits per heavy atom. The molecule has 10 nitrogen and oxygen atoms in total. The molecule has 3 amide bonds. The lowest BCUT2D eigenvalue weighted by Crippen LogP contribution is -2.51. The number of hydrogen-bond donors (Lipinski definition) is 2. The van der Waals surface area contributed by atoms with Crippen LogP contribution in [0.25, 0.3) is 0 Å². The summed E-state index contributed by atoms with van der Waals surface area (Å²) in [5, 5.41) is 9.37. The molecular formula is C25H36N4O6. The van der Waals surface area contributed by atoms with Crippen molar-refractivity contribution in [2.75, 3.05) is 32.7 Å². The van der Waals surface area contributed by atoms with E-state index in [1.807, 2.05) is 20.8 Å². The highest BCUT2D eigenvalue weighted by molar-refractivity contribution is 5.94. The third-order valence-corrected chi connectivity index (χ3v) is 5.66. The fraction of sp³-hybridized carbons (Fsp3) is 0.520. The van der Waals surface area contributed by atoms with E-state index in [1.54, 1.807) is 44.4 Å². The molecule has 0 spiro atoms. The minimum Gasteiger partial charge on any atom is -0.497 e. The minimum atomic E-state index is -0.907. The van der Waals surface area contributed by atoms with E-state index >= 15 is 0 Å². The molecule has 1 atom stereocenters. The first-order valence-corrected chi connectivity index (χ1v) is 11.6. The fourth-order valence-corrected chi connectivity index (χ4v) is 3.33. The molecule has 0 aliphatic rings. The van der Waals surface area contributed by atoms with E-state index in [0.29, 0.717) is 23.5 Å². The Morgan fingerprint density at radius 3 is 2.37 bits per heavy atom. The van der Waals surface area contributed by atoms with E-state index in [-0.39, 0.29) is 49.5 Å². The van der Waals surface area contributed by atoms with Crippen molar-refractivity contribution < 1.29 is 28.4 Å². The monoisotopic (exact) mass is 488 g/mol. The Balaban J connectivity index is 2.27. The molecule has 1 heterocycles. The molecule has 0 aliphatic heterocycles. The number of aryl methyl sites for hydroxylation is 1. The van der Waals surface area contributed by atoms with Crippen LogP contribution in [0, 0.1) is 6.92 Å². The van der Waals surface area contributed by atoms with Crippen LogP contribution in [0.5, 0.6) is 5.75 Å². The number of benzene rings is 1. The summed E-state index contributed by atoms with van der Waals surface area (Å²) in [6.45, 7) is 7.94. The third-order valence-electron chi connectivity index (χ3n) is 5.66. The van der Waals surface area contributed by atoms with Gasteiger partial charge in [0.1, 0.15) is 17.6 Å². The number of methoxy groups -OCH3 is 2. The normalized spacial score (nSPS) is 12.1. The summed E-state index contributed by atoms with van der Waals surface area (Å²) in [4.78, 5) is 40.6. The van der Waals surface area contributed by atoms with Crippen LogP contribution >= 0.6 is 0 Å². The largest absolute Gasteiger partial charge is 0.497 e. The molecule has 1 aromatic carbocycles. The van der Waals surface area contributed by atoms with E-state index in [9.17, 15) is 14.4 Å². The van der Waals surface area contributed by atoms with E-state index in [2.05, 4.69) is 15.8 Å². The summed E-state index contributed by atoms with van der Waals surface area (Å²) in [5.74, 6) is 0.443. The van der Waals surface area contributed by atoms with Crippen LogP contribution in [0.3, 0.4) is 0 Å². The summed E-state index contributed by atoms with van der Waals surface area (Å²) < 4.78 is 15.4. The first-order chi connectivity index (χ1) is 16.6. The Morgan fingerprint density at radius 1 is 1.14 bits per heavy atom. The number of carbonyl (C=O) groups excluding carboxylic acids is 3. The molecule has 0 radical (unpaired) electrons. The lowest BCUT2D eigenvalue weighted by atomic mass is 9.98. The van der Waals surface area contributed by atoms with Gasteiger partial charge in [0.25, 0.3) is 0 Å². The van der Waals surface area contributed by atoms with Gasteiger partial charge in [-0.25, -0.2) is 0 Å². The molecule has 0 unspecified atom stereocenters. The summed E-state index contributed by atoms with van der Waals surface area (Å²) in [6.07, 6.45) is 0.539. The van der Waals surface area contributed by atoms with Gasteiger partial charge in [0, 0.05) is 38.1 Å². The number of anilines is 1. The molecule has 10 heteroatoms. The number of hydrogen-bond acceptors (Lipinski definition) is 7. The SMILES string of the molecule is CCC(C)(C)NC(=O)[C@H](c1ccc(OC)cc1)N(CCOC)C(=O)CCC(=O)Nc1cc(C)on1. The predicted molar refractivity (Wildman–Crippen MR) is 131 cm³/mol. The van der Waals surface area contributed by atoms with Crippen molar-refractivity contribution in [2.24, 2.45) is 0 Å². The van der Waals surface area contributed by atoms with Gasteiger partial charge < -0.3 is 29.5 Å². The number of aromatic nitrogens is 1. The molecule has 1 aromatic heterocycles. The van der Waals surface area contributed by atoms with Crippen LogP contribution in [0.15, 0.2) is 34.9 Å². The summed E-state index contributed by atoms with van der Waals surface area (Å²) >= 11 is 0. The second-order valence-corrected chi connectivity index (χ2v) is 8.85. The van der Waals surface area contributed by atoms with Gasteiger partial charge in [0.15, 0.2) is 5.82 Å². The Bertz CT molecular complexity index is 986. The zero-order valence-electron chi connectivity index (χ0n) is 21.3. The topological polar surface area (TPSA) is 123 Å². The molecule has 0 fully saturated rings. The molecule has 35 heavy (non-hydrogen) atoms. The standard InChI is InChI=1S/C25H36N4O6/c1-7-25(3,4)27-24(32)23(18-8-10-19(34-6)11-9-18)29(14-15-33-5)22(31)13-12-21(30)26-20-16-17(2)35-28-20/h8-11,16,23H,7,12-15H2,1-6H3,(H,27,32)(H,26,28,30)/t23-/m0/s1. The predicted octanol–water partition coefficient (Wildman–Crippen LogP) is 3.23. The van der Waals surface area contributed by atoms with E-state index in [0.717, 1.165) is 0 Å². The smallest absolute Gasteiger partial charge is 0.247 e.